The van der Waals surface area contributed by atoms with Crippen LogP contribution in [0.2, 0.25) is 0 Å². The molecule has 1 aromatic carbocycles. The number of amides is 2. The quantitative estimate of drug-likeness (QED) is 0.517. The first kappa shape index (κ1) is 29.0. The van der Waals surface area contributed by atoms with E-state index >= 15 is 0 Å². The van der Waals surface area contributed by atoms with E-state index < -0.39 is 18.4 Å². The summed E-state index contributed by atoms with van der Waals surface area (Å²) in [5, 5.41) is 5.89. The Morgan fingerprint density at radius 1 is 1.15 bits per heavy atom. The Hall–Kier alpha value is -3.54. The fraction of sp³-hybridized carbons (Fsp3) is 0.586. The van der Waals surface area contributed by atoms with Crippen molar-refractivity contribution in [3.63, 3.8) is 0 Å². The van der Waals surface area contributed by atoms with E-state index in [1.807, 2.05) is 12.1 Å². The molecule has 1 aromatic heterocycles. The molecule has 12 heteroatoms. The van der Waals surface area contributed by atoms with E-state index in [2.05, 4.69) is 32.5 Å². The van der Waals surface area contributed by atoms with Crippen molar-refractivity contribution in [1.29, 1.82) is 0 Å². The molecule has 1 saturated heterocycles. The number of anilines is 4. The number of carbonyl (C=O) groups excluding carboxylic acids is 2. The highest BCUT2D eigenvalue weighted by molar-refractivity contribution is 6.02. The Bertz CT molecular complexity index is 1290. The van der Waals surface area contributed by atoms with Crippen LogP contribution in [0.3, 0.4) is 0 Å². The number of nitrogens with zero attached hydrogens (tertiary/aromatic N) is 5. The molecule has 3 heterocycles. The summed E-state index contributed by atoms with van der Waals surface area (Å²) in [5.41, 5.74) is 2.11. The van der Waals surface area contributed by atoms with Gasteiger partial charge in [0.2, 0.25) is 5.95 Å². The number of carbonyl (C=O) groups is 2. The number of aromatic nitrogens is 2. The number of rotatable bonds is 7. The van der Waals surface area contributed by atoms with Crippen molar-refractivity contribution >= 4 is 35.0 Å². The van der Waals surface area contributed by atoms with Crippen molar-refractivity contribution in [1.82, 2.24) is 20.2 Å². The van der Waals surface area contributed by atoms with Crippen LogP contribution in [0.25, 0.3) is 0 Å². The predicted molar refractivity (Wildman–Crippen MR) is 154 cm³/mol. The predicted octanol–water partition coefficient (Wildman–Crippen LogP) is 3.83. The van der Waals surface area contributed by atoms with Gasteiger partial charge in [-0.05, 0) is 75.9 Å². The number of halogens is 2. The molecule has 2 fully saturated rings. The Labute approximate surface area is 239 Å². The van der Waals surface area contributed by atoms with Gasteiger partial charge in [0.25, 0.3) is 11.8 Å². The molecule has 10 nitrogen and oxygen atoms in total. The van der Waals surface area contributed by atoms with E-state index in [9.17, 15) is 18.4 Å². The molecule has 2 aromatic rings. The molecule has 1 saturated carbocycles. The SMILES string of the molecule is CNC(=O)c1cc(CC2CCN(C)CC2)cc(Nc2ncc3c(n2)N(C2CCCC2)CC(F)(F)C(=O)N3C)c1OC. The van der Waals surface area contributed by atoms with Crippen LogP contribution in [0.4, 0.5) is 31.9 Å². The zero-order chi connectivity index (χ0) is 29.3. The van der Waals surface area contributed by atoms with Gasteiger partial charge < -0.3 is 30.1 Å². The van der Waals surface area contributed by atoms with Crippen LogP contribution < -0.4 is 25.2 Å². The molecule has 2 amide bonds. The third-order valence-electron chi connectivity index (χ3n) is 8.57. The Morgan fingerprint density at radius 3 is 2.51 bits per heavy atom. The Morgan fingerprint density at radius 2 is 1.85 bits per heavy atom. The van der Waals surface area contributed by atoms with Crippen LogP contribution in [0, 0.1) is 5.92 Å². The lowest BCUT2D eigenvalue weighted by Crippen LogP contribution is -2.48. The molecule has 3 aliphatic rings. The average molecular weight is 572 g/mol. The summed E-state index contributed by atoms with van der Waals surface area (Å²) in [4.78, 5) is 39.4. The second-order valence-electron chi connectivity index (χ2n) is 11.4. The van der Waals surface area contributed by atoms with Crippen molar-refractivity contribution in [2.45, 2.75) is 56.9 Å². The van der Waals surface area contributed by atoms with Gasteiger partial charge in [-0.15, -0.1) is 0 Å². The maximum atomic E-state index is 15.0. The van der Waals surface area contributed by atoms with Crippen LogP contribution in [0.5, 0.6) is 5.75 Å². The monoisotopic (exact) mass is 571 g/mol. The Kier molecular flexibility index (Phi) is 8.30. The lowest BCUT2D eigenvalue weighted by molar-refractivity contribution is -0.140. The number of benzene rings is 1. The minimum Gasteiger partial charge on any atom is -0.494 e. The van der Waals surface area contributed by atoms with Crippen LogP contribution in [0.1, 0.15) is 54.4 Å². The summed E-state index contributed by atoms with van der Waals surface area (Å²) >= 11 is 0. The molecular weight excluding hydrogens is 532 g/mol. The van der Waals surface area contributed by atoms with E-state index in [1.165, 1.54) is 20.4 Å². The number of hydrogen-bond acceptors (Lipinski definition) is 8. The van der Waals surface area contributed by atoms with Crippen molar-refractivity contribution in [3.8, 4) is 5.75 Å². The van der Waals surface area contributed by atoms with Crippen LogP contribution >= 0.6 is 0 Å². The number of methoxy groups -OCH3 is 1. The normalized spacial score (nSPS) is 20.1. The van der Waals surface area contributed by atoms with Gasteiger partial charge >= 0.3 is 5.92 Å². The van der Waals surface area contributed by atoms with E-state index in [-0.39, 0.29) is 29.4 Å². The number of piperidine rings is 1. The first-order valence-electron chi connectivity index (χ1n) is 14.3. The highest BCUT2D eigenvalue weighted by Crippen LogP contribution is 2.40. The fourth-order valence-electron chi connectivity index (χ4n) is 6.25. The number of fused-ring (bicyclic) bond motifs is 1. The highest BCUT2D eigenvalue weighted by Gasteiger charge is 2.48. The van der Waals surface area contributed by atoms with Gasteiger partial charge in [0, 0.05) is 20.1 Å². The summed E-state index contributed by atoms with van der Waals surface area (Å²) in [5.74, 6) is -3.84. The third kappa shape index (κ3) is 5.93. The van der Waals surface area contributed by atoms with Gasteiger partial charge in [-0.3, -0.25) is 9.59 Å². The molecule has 0 radical (unpaired) electrons. The molecule has 0 spiro atoms. The number of alkyl halides is 2. The number of nitrogens with one attached hydrogen (secondary N) is 2. The minimum atomic E-state index is -3.56. The minimum absolute atomic E-state index is 0.145. The number of ether oxygens (including phenoxy) is 1. The summed E-state index contributed by atoms with van der Waals surface area (Å²) in [6, 6.07) is 3.66. The van der Waals surface area contributed by atoms with E-state index in [0.717, 1.165) is 68.5 Å². The zero-order valence-electron chi connectivity index (χ0n) is 24.2. The maximum Gasteiger partial charge on any atom is 0.342 e. The second-order valence-corrected chi connectivity index (χ2v) is 11.4. The van der Waals surface area contributed by atoms with Gasteiger partial charge in [-0.1, -0.05) is 12.8 Å². The standard InChI is InChI=1S/C29H39F2N7O3/c1-32-26(39)21-14-19(13-18-9-11-36(2)12-10-18)15-22(24(21)41-4)34-28-33-16-23-25(35-28)38(20-7-5-6-8-20)17-29(30,31)27(40)37(23)3/h14-16,18,20H,5-13,17H2,1-4H3,(H,32,39)(H,33,34,35). The smallest absolute Gasteiger partial charge is 0.342 e. The molecule has 2 aliphatic heterocycles. The first-order chi connectivity index (χ1) is 19.6. The molecule has 41 heavy (non-hydrogen) atoms. The van der Waals surface area contributed by atoms with E-state index in [0.29, 0.717) is 22.9 Å². The molecule has 0 unspecified atom stereocenters. The lowest BCUT2D eigenvalue weighted by atomic mass is 9.89. The van der Waals surface area contributed by atoms with Crippen LogP contribution in [-0.4, -0.2) is 86.5 Å². The highest BCUT2D eigenvalue weighted by atomic mass is 19.3. The molecule has 0 bridgehead atoms. The molecular formula is C29H39F2N7O3. The van der Waals surface area contributed by atoms with Gasteiger partial charge in [0.05, 0.1) is 31.1 Å². The first-order valence-corrected chi connectivity index (χ1v) is 14.3. The van der Waals surface area contributed by atoms with Crippen molar-refractivity contribution in [2.75, 3.05) is 63.0 Å². The molecule has 2 N–H and O–H groups in total. The second kappa shape index (κ2) is 11.8. The molecule has 0 atom stereocenters. The Balaban J connectivity index is 1.53. The van der Waals surface area contributed by atoms with Gasteiger partial charge in [-0.25, -0.2) is 4.98 Å². The van der Waals surface area contributed by atoms with E-state index in [1.54, 1.807) is 11.9 Å². The maximum absolute atomic E-state index is 15.0. The summed E-state index contributed by atoms with van der Waals surface area (Å²) in [6.07, 6.45) is 7.73. The van der Waals surface area contributed by atoms with Crippen LogP contribution in [-0.2, 0) is 11.2 Å². The molecule has 5 rings (SSSR count). The fourth-order valence-corrected chi connectivity index (χ4v) is 6.25. The summed E-state index contributed by atoms with van der Waals surface area (Å²) < 4.78 is 35.6. The van der Waals surface area contributed by atoms with Crippen molar-refractivity contribution in [2.24, 2.45) is 5.92 Å². The topological polar surface area (TPSA) is 103 Å². The number of likely N-dealkylation sites (tertiary alicyclic amines) is 1. The van der Waals surface area contributed by atoms with Gasteiger partial charge in [0.15, 0.2) is 11.6 Å². The van der Waals surface area contributed by atoms with Crippen molar-refractivity contribution in [3.05, 3.63) is 29.5 Å². The zero-order valence-corrected chi connectivity index (χ0v) is 24.2. The summed E-state index contributed by atoms with van der Waals surface area (Å²) in [7, 11) is 6.51. The van der Waals surface area contributed by atoms with Crippen molar-refractivity contribution < 1.29 is 23.1 Å². The van der Waals surface area contributed by atoms with Gasteiger partial charge in [-0.2, -0.15) is 13.8 Å². The lowest BCUT2D eigenvalue weighted by Gasteiger charge is -2.31. The number of hydrogen-bond donors (Lipinski definition) is 2. The van der Waals surface area contributed by atoms with Crippen LogP contribution in [0.15, 0.2) is 18.3 Å². The average Bonchev–Trinajstić information content (AvgIpc) is 3.48. The van der Waals surface area contributed by atoms with E-state index in [4.69, 9.17) is 4.74 Å². The summed E-state index contributed by atoms with van der Waals surface area (Å²) in [6.45, 7) is 1.33. The molecule has 1 aliphatic carbocycles. The third-order valence-corrected chi connectivity index (χ3v) is 8.57. The van der Waals surface area contributed by atoms with Gasteiger partial charge in [0.1, 0.15) is 5.69 Å². The largest absolute Gasteiger partial charge is 0.494 e. The molecule has 222 valence electrons.